The number of morpholine rings is 1. The van der Waals surface area contributed by atoms with Gasteiger partial charge in [0.2, 0.25) is 0 Å². The zero-order chi connectivity index (χ0) is 19.7. The highest BCUT2D eigenvalue weighted by atomic mass is 16.5. The third kappa shape index (κ3) is 3.57. The van der Waals surface area contributed by atoms with Crippen LogP contribution in [0.1, 0.15) is 21.7 Å². The van der Waals surface area contributed by atoms with E-state index in [1.165, 1.54) is 0 Å². The van der Waals surface area contributed by atoms with Gasteiger partial charge in [-0.25, -0.2) is 9.97 Å². The molecule has 1 aliphatic heterocycles. The van der Waals surface area contributed by atoms with Crippen molar-refractivity contribution in [3.05, 3.63) is 59.4 Å². The lowest BCUT2D eigenvalue weighted by molar-refractivity contribution is -0.125. The number of nitrogens with one attached hydrogen (secondary N) is 1. The Morgan fingerprint density at radius 1 is 1.04 bits per heavy atom. The van der Waals surface area contributed by atoms with Crippen molar-refractivity contribution in [1.29, 1.82) is 0 Å². The van der Waals surface area contributed by atoms with E-state index in [9.17, 15) is 9.59 Å². The van der Waals surface area contributed by atoms with Gasteiger partial charge in [-0.05, 0) is 56.3 Å². The van der Waals surface area contributed by atoms with Crippen molar-refractivity contribution < 1.29 is 14.3 Å². The molecule has 0 atom stereocenters. The summed E-state index contributed by atoms with van der Waals surface area (Å²) in [5, 5.41) is 2.88. The van der Waals surface area contributed by atoms with E-state index < -0.39 is 0 Å². The van der Waals surface area contributed by atoms with Crippen LogP contribution in [0.25, 0.3) is 11.0 Å². The van der Waals surface area contributed by atoms with E-state index in [0.717, 1.165) is 22.6 Å². The number of nitrogens with zero attached hydrogens (tertiary/aromatic N) is 3. The lowest BCUT2D eigenvalue weighted by Gasteiger charge is -2.26. The summed E-state index contributed by atoms with van der Waals surface area (Å²) in [5.41, 5.74) is 5.13. The fourth-order valence-corrected chi connectivity index (χ4v) is 3.09. The summed E-state index contributed by atoms with van der Waals surface area (Å²) in [7, 11) is 0. The van der Waals surface area contributed by atoms with Crippen LogP contribution in [0.2, 0.25) is 0 Å². The highest BCUT2D eigenvalue weighted by Gasteiger charge is 2.20. The summed E-state index contributed by atoms with van der Waals surface area (Å²) in [4.78, 5) is 35.2. The number of hydrogen-bond donors (Lipinski definition) is 1. The number of anilines is 2. The van der Waals surface area contributed by atoms with Crippen LogP contribution in [0.15, 0.2) is 42.5 Å². The average molecular weight is 376 g/mol. The Morgan fingerprint density at radius 3 is 2.46 bits per heavy atom. The molecule has 0 unspecified atom stereocenters. The molecule has 0 radical (unpaired) electrons. The van der Waals surface area contributed by atoms with Crippen LogP contribution in [0.3, 0.4) is 0 Å². The summed E-state index contributed by atoms with van der Waals surface area (Å²) in [6.45, 7) is 4.96. The first-order valence-electron chi connectivity index (χ1n) is 9.06. The zero-order valence-electron chi connectivity index (χ0n) is 15.7. The number of aryl methyl sites for hydroxylation is 2. The van der Waals surface area contributed by atoms with Gasteiger partial charge in [0, 0.05) is 23.5 Å². The predicted octanol–water partition coefficient (Wildman–Crippen LogP) is 2.86. The van der Waals surface area contributed by atoms with Crippen molar-refractivity contribution in [3.63, 3.8) is 0 Å². The molecule has 2 amide bonds. The minimum atomic E-state index is -0.225. The highest BCUT2D eigenvalue weighted by molar-refractivity contribution is 6.06. The van der Waals surface area contributed by atoms with E-state index in [1.54, 1.807) is 35.2 Å². The standard InChI is InChI=1S/C21H20N4O3/c1-13-14(2)23-19-11-15(3-8-18(19)22-13)21(27)24-16-4-6-17(7-5-16)25-9-10-28-12-20(25)26/h3-8,11H,9-10,12H2,1-2H3,(H,24,27). The van der Waals surface area contributed by atoms with Gasteiger partial charge >= 0.3 is 0 Å². The minimum absolute atomic E-state index is 0.0640. The molecule has 1 fully saturated rings. The number of amides is 2. The maximum absolute atomic E-state index is 12.6. The van der Waals surface area contributed by atoms with Crippen LogP contribution in [-0.2, 0) is 9.53 Å². The van der Waals surface area contributed by atoms with Crippen LogP contribution >= 0.6 is 0 Å². The van der Waals surface area contributed by atoms with E-state index in [1.807, 2.05) is 26.0 Å². The second kappa shape index (κ2) is 7.36. The van der Waals surface area contributed by atoms with Crippen molar-refractivity contribution in [1.82, 2.24) is 9.97 Å². The first kappa shape index (κ1) is 18.1. The first-order chi connectivity index (χ1) is 13.5. The van der Waals surface area contributed by atoms with E-state index in [4.69, 9.17) is 4.74 Å². The van der Waals surface area contributed by atoms with E-state index >= 15 is 0 Å². The van der Waals surface area contributed by atoms with Crippen LogP contribution in [-0.4, -0.2) is 41.5 Å². The van der Waals surface area contributed by atoms with Gasteiger partial charge in [0.05, 0.1) is 29.0 Å². The van der Waals surface area contributed by atoms with Gasteiger partial charge in [0.1, 0.15) is 6.61 Å². The monoisotopic (exact) mass is 376 g/mol. The van der Waals surface area contributed by atoms with Gasteiger partial charge in [0.15, 0.2) is 0 Å². The van der Waals surface area contributed by atoms with Gasteiger partial charge in [-0.1, -0.05) is 0 Å². The van der Waals surface area contributed by atoms with Gasteiger partial charge in [-0.3, -0.25) is 9.59 Å². The van der Waals surface area contributed by atoms with Crippen molar-refractivity contribution in [3.8, 4) is 0 Å². The summed E-state index contributed by atoms with van der Waals surface area (Å²) < 4.78 is 5.15. The molecule has 7 heteroatoms. The molecule has 0 bridgehead atoms. The molecule has 1 aromatic heterocycles. The van der Waals surface area contributed by atoms with E-state index in [-0.39, 0.29) is 18.4 Å². The van der Waals surface area contributed by atoms with Gasteiger partial charge in [0.25, 0.3) is 11.8 Å². The number of carbonyl (C=O) groups is 2. The first-order valence-corrected chi connectivity index (χ1v) is 9.06. The molecule has 2 aromatic carbocycles. The lowest BCUT2D eigenvalue weighted by Crippen LogP contribution is -2.41. The number of benzene rings is 2. The molecule has 0 aliphatic carbocycles. The fraction of sp³-hybridized carbons (Fsp3) is 0.238. The number of rotatable bonds is 3. The van der Waals surface area contributed by atoms with E-state index in [2.05, 4.69) is 15.3 Å². The Kier molecular flexibility index (Phi) is 4.75. The van der Waals surface area contributed by atoms with Crippen molar-refractivity contribution in [2.45, 2.75) is 13.8 Å². The maximum Gasteiger partial charge on any atom is 0.255 e. The second-order valence-electron chi connectivity index (χ2n) is 6.70. The van der Waals surface area contributed by atoms with Crippen molar-refractivity contribution in [2.75, 3.05) is 30.0 Å². The van der Waals surface area contributed by atoms with Gasteiger partial charge in [-0.2, -0.15) is 0 Å². The second-order valence-corrected chi connectivity index (χ2v) is 6.70. The Bertz CT molecular complexity index is 1060. The number of hydrogen-bond acceptors (Lipinski definition) is 5. The number of ether oxygens (including phenoxy) is 1. The fourth-order valence-electron chi connectivity index (χ4n) is 3.09. The Balaban J connectivity index is 1.51. The lowest BCUT2D eigenvalue weighted by atomic mass is 10.1. The Labute approximate surface area is 162 Å². The summed E-state index contributed by atoms with van der Waals surface area (Å²) in [6, 6.07) is 12.5. The smallest absolute Gasteiger partial charge is 0.255 e. The molecule has 0 saturated carbocycles. The molecular formula is C21H20N4O3. The Morgan fingerprint density at radius 2 is 1.75 bits per heavy atom. The molecule has 1 aliphatic rings. The molecule has 3 aromatic rings. The molecule has 1 N–H and O–H groups in total. The normalized spacial score (nSPS) is 14.4. The molecule has 142 valence electrons. The van der Waals surface area contributed by atoms with Crippen molar-refractivity contribution in [2.24, 2.45) is 0 Å². The molecule has 2 heterocycles. The molecule has 4 rings (SSSR count). The number of fused-ring (bicyclic) bond motifs is 1. The molecular weight excluding hydrogens is 356 g/mol. The predicted molar refractivity (Wildman–Crippen MR) is 107 cm³/mol. The zero-order valence-corrected chi connectivity index (χ0v) is 15.7. The quantitative estimate of drug-likeness (QED) is 0.760. The van der Waals surface area contributed by atoms with Crippen LogP contribution in [0.5, 0.6) is 0 Å². The molecule has 7 nitrogen and oxygen atoms in total. The number of aromatic nitrogens is 2. The van der Waals surface area contributed by atoms with Crippen LogP contribution in [0.4, 0.5) is 11.4 Å². The van der Waals surface area contributed by atoms with E-state index in [0.29, 0.717) is 29.9 Å². The summed E-state index contributed by atoms with van der Waals surface area (Å²) >= 11 is 0. The SMILES string of the molecule is Cc1nc2ccc(C(=O)Nc3ccc(N4CCOCC4=O)cc3)cc2nc1C. The molecule has 28 heavy (non-hydrogen) atoms. The number of carbonyl (C=O) groups excluding carboxylic acids is 2. The minimum Gasteiger partial charge on any atom is -0.370 e. The highest BCUT2D eigenvalue weighted by Crippen LogP contribution is 2.21. The van der Waals surface area contributed by atoms with Gasteiger partial charge in [-0.15, -0.1) is 0 Å². The maximum atomic E-state index is 12.6. The molecule has 0 spiro atoms. The summed E-state index contributed by atoms with van der Waals surface area (Å²) in [6.07, 6.45) is 0. The third-order valence-electron chi connectivity index (χ3n) is 4.76. The van der Waals surface area contributed by atoms with Crippen LogP contribution < -0.4 is 10.2 Å². The molecule has 1 saturated heterocycles. The Hall–Kier alpha value is -3.32. The summed E-state index contributed by atoms with van der Waals surface area (Å²) in [5.74, 6) is -0.289. The average Bonchev–Trinajstić information content (AvgIpc) is 2.69. The van der Waals surface area contributed by atoms with Crippen molar-refractivity contribution >= 4 is 34.2 Å². The van der Waals surface area contributed by atoms with Crippen LogP contribution in [0, 0.1) is 13.8 Å². The topological polar surface area (TPSA) is 84.4 Å². The van der Waals surface area contributed by atoms with Gasteiger partial charge < -0.3 is 15.0 Å². The third-order valence-corrected chi connectivity index (χ3v) is 4.76. The largest absolute Gasteiger partial charge is 0.370 e.